The van der Waals surface area contributed by atoms with Gasteiger partial charge in [-0.2, -0.15) is 8.78 Å². The number of rotatable bonds is 4. The Labute approximate surface area is 126 Å². The smallest absolute Gasteiger partial charge is 0.387 e. The lowest BCUT2D eigenvalue weighted by atomic mass is 10.2. The van der Waals surface area contributed by atoms with Crippen LogP contribution in [-0.2, 0) is 0 Å². The van der Waals surface area contributed by atoms with E-state index < -0.39 is 24.1 Å². The van der Waals surface area contributed by atoms with Gasteiger partial charge in [0.1, 0.15) is 0 Å². The summed E-state index contributed by atoms with van der Waals surface area (Å²) >= 11 is 3.24. The van der Waals surface area contributed by atoms with Crippen molar-refractivity contribution in [1.82, 2.24) is 0 Å². The van der Waals surface area contributed by atoms with Gasteiger partial charge in [-0.15, -0.1) is 0 Å². The van der Waals surface area contributed by atoms with Gasteiger partial charge >= 0.3 is 6.61 Å². The highest BCUT2D eigenvalue weighted by atomic mass is 79.9. The van der Waals surface area contributed by atoms with Gasteiger partial charge in [-0.25, -0.2) is 4.39 Å². The van der Waals surface area contributed by atoms with E-state index in [9.17, 15) is 18.0 Å². The predicted octanol–water partition coefficient (Wildman–Crippen LogP) is 4.44. The molecule has 2 rings (SSSR count). The highest BCUT2D eigenvalue weighted by Crippen LogP contribution is 2.23. The van der Waals surface area contributed by atoms with Crippen molar-refractivity contribution < 1.29 is 22.7 Å². The van der Waals surface area contributed by atoms with Gasteiger partial charge in [0, 0.05) is 21.8 Å². The number of hydrogen-bond acceptors (Lipinski definition) is 2. The van der Waals surface area contributed by atoms with Crippen LogP contribution >= 0.6 is 15.9 Å². The van der Waals surface area contributed by atoms with Crippen LogP contribution < -0.4 is 10.1 Å². The van der Waals surface area contributed by atoms with E-state index in [0.29, 0.717) is 5.56 Å². The topological polar surface area (TPSA) is 38.3 Å². The number of hydrogen-bond donors (Lipinski definition) is 1. The highest BCUT2D eigenvalue weighted by molar-refractivity contribution is 9.10. The summed E-state index contributed by atoms with van der Waals surface area (Å²) in [6, 6.07) is 9.77. The Morgan fingerprint density at radius 2 is 1.81 bits per heavy atom. The standard InChI is InChI=1S/C14H9BrF3NO2/c15-9-3-1-8(2-4-9)13(20)19-10-5-6-12(11(16)7-10)21-14(17)18/h1-7,14H,(H,19,20). The molecule has 0 aliphatic carbocycles. The van der Waals surface area contributed by atoms with Gasteiger partial charge in [-0.05, 0) is 36.4 Å². The molecule has 0 aliphatic rings. The van der Waals surface area contributed by atoms with Gasteiger partial charge in [0.15, 0.2) is 11.6 Å². The second-order valence-corrected chi connectivity index (χ2v) is 4.90. The van der Waals surface area contributed by atoms with Crippen molar-refractivity contribution in [2.45, 2.75) is 6.61 Å². The lowest BCUT2D eigenvalue weighted by molar-refractivity contribution is -0.0521. The van der Waals surface area contributed by atoms with E-state index in [2.05, 4.69) is 26.0 Å². The molecule has 0 fully saturated rings. The van der Waals surface area contributed by atoms with Gasteiger partial charge in [0.05, 0.1) is 0 Å². The van der Waals surface area contributed by atoms with Crippen LogP contribution in [0.5, 0.6) is 5.75 Å². The monoisotopic (exact) mass is 359 g/mol. The summed E-state index contributed by atoms with van der Waals surface area (Å²) in [4.78, 5) is 11.9. The van der Waals surface area contributed by atoms with Crippen molar-refractivity contribution in [1.29, 1.82) is 0 Å². The van der Waals surface area contributed by atoms with Gasteiger partial charge in [0.25, 0.3) is 5.91 Å². The number of nitrogens with one attached hydrogen (secondary N) is 1. The summed E-state index contributed by atoms with van der Waals surface area (Å²) in [6.07, 6.45) is 0. The second kappa shape index (κ2) is 6.62. The first-order chi connectivity index (χ1) is 9.95. The lowest BCUT2D eigenvalue weighted by Gasteiger charge is -2.09. The lowest BCUT2D eigenvalue weighted by Crippen LogP contribution is -2.12. The largest absolute Gasteiger partial charge is 0.432 e. The molecule has 0 radical (unpaired) electrons. The van der Waals surface area contributed by atoms with Crippen molar-refractivity contribution in [3.63, 3.8) is 0 Å². The minimum atomic E-state index is -3.11. The fourth-order valence-corrected chi connectivity index (χ4v) is 1.84. The average molecular weight is 360 g/mol. The number of carbonyl (C=O) groups excluding carboxylic acids is 1. The molecule has 0 aliphatic heterocycles. The predicted molar refractivity (Wildman–Crippen MR) is 75.1 cm³/mol. The molecule has 1 N–H and O–H groups in total. The maximum absolute atomic E-state index is 13.5. The van der Waals surface area contributed by atoms with Crippen molar-refractivity contribution in [2.24, 2.45) is 0 Å². The number of benzene rings is 2. The molecule has 0 bridgehead atoms. The van der Waals surface area contributed by atoms with Crippen molar-refractivity contribution in [3.05, 3.63) is 58.3 Å². The maximum atomic E-state index is 13.5. The Balaban J connectivity index is 2.11. The van der Waals surface area contributed by atoms with Gasteiger partial charge in [0.2, 0.25) is 0 Å². The maximum Gasteiger partial charge on any atom is 0.387 e. The van der Waals surface area contributed by atoms with Crippen molar-refractivity contribution >= 4 is 27.5 Å². The average Bonchev–Trinajstić information content (AvgIpc) is 2.42. The van der Waals surface area contributed by atoms with Crippen molar-refractivity contribution in [2.75, 3.05) is 5.32 Å². The molecule has 110 valence electrons. The van der Waals surface area contributed by atoms with Crippen LogP contribution in [0.4, 0.5) is 18.9 Å². The van der Waals surface area contributed by atoms with Crippen LogP contribution in [-0.4, -0.2) is 12.5 Å². The molecule has 0 saturated heterocycles. The van der Waals surface area contributed by atoms with E-state index in [-0.39, 0.29) is 5.69 Å². The fraction of sp³-hybridized carbons (Fsp3) is 0.0714. The molecule has 2 aromatic rings. The van der Waals surface area contributed by atoms with E-state index in [1.54, 1.807) is 24.3 Å². The van der Waals surface area contributed by atoms with Crippen LogP contribution in [0.25, 0.3) is 0 Å². The van der Waals surface area contributed by atoms with Crippen LogP contribution in [0, 0.1) is 5.82 Å². The quantitative estimate of drug-likeness (QED) is 0.876. The summed E-state index contributed by atoms with van der Waals surface area (Å²) < 4.78 is 42.3. The van der Waals surface area contributed by atoms with Gasteiger partial charge in [-0.3, -0.25) is 4.79 Å². The molecule has 0 spiro atoms. The third-order valence-corrected chi connectivity index (χ3v) is 3.04. The Morgan fingerprint density at radius 3 is 2.38 bits per heavy atom. The first kappa shape index (κ1) is 15.4. The van der Waals surface area contributed by atoms with Crippen LogP contribution in [0.3, 0.4) is 0 Å². The number of alkyl halides is 2. The molecule has 21 heavy (non-hydrogen) atoms. The number of ether oxygens (including phenoxy) is 1. The third-order valence-electron chi connectivity index (χ3n) is 2.51. The highest BCUT2D eigenvalue weighted by Gasteiger charge is 2.12. The molecule has 0 atom stereocenters. The van der Waals surface area contributed by atoms with E-state index in [1.807, 2.05) is 0 Å². The SMILES string of the molecule is O=C(Nc1ccc(OC(F)F)c(F)c1)c1ccc(Br)cc1. The molecular formula is C14H9BrF3NO2. The Morgan fingerprint density at radius 1 is 1.14 bits per heavy atom. The molecular weight excluding hydrogens is 351 g/mol. The van der Waals surface area contributed by atoms with Gasteiger partial charge < -0.3 is 10.1 Å². The number of carbonyl (C=O) groups is 1. The molecule has 0 unspecified atom stereocenters. The molecule has 0 heterocycles. The molecule has 1 amide bonds. The van der Waals surface area contributed by atoms with E-state index >= 15 is 0 Å². The third kappa shape index (κ3) is 4.22. The zero-order valence-corrected chi connectivity index (χ0v) is 12.0. The molecule has 0 saturated carbocycles. The van der Waals surface area contributed by atoms with Gasteiger partial charge in [-0.1, -0.05) is 15.9 Å². The van der Waals surface area contributed by atoms with Crippen LogP contribution in [0.15, 0.2) is 46.9 Å². The van der Waals surface area contributed by atoms with Crippen molar-refractivity contribution in [3.8, 4) is 5.75 Å². The van der Waals surface area contributed by atoms with E-state index in [1.165, 1.54) is 6.07 Å². The van der Waals surface area contributed by atoms with Crippen LogP contribution in [0.2, 0.25) is 0 Å². The number of anilines is 1. The summed E-state index contributed by atoms with van der Waals surface area (Å²) in [5.41, 5.74) is 0.522. The zero-order valence-electron chi connectivity index (χ0n) is 10.4. The minimum Gasteiger partial charge on any atom is -0.432 e. The Kier molecular flexibility index (Phi) is 4.85. The number of amides is 1. The summed E-state index contributed by atoms with van der Waals surface area (Å²) in [6.45, 7) is -3.11. The minimum absolute atomic E-state index is 0.141. The number of halogens is 4. The zero-order chi connectivity index (χ0) is 15.4. The molecule has 3 nitrogen and oxygen atoms in total. The summed E-state index contributed by atoms with van der Waals surface area (Å²) in [7, 11) is 0. The van der Waals surface area contributed by atoms with E-state index in [4.69, 9.17) is 0 Å². The normalized spacial score (nSPS) is 10.5. The van der Waals surface area contributed by atoms with Crippen LogP contribution in [0.1, 0.15) is 10.4 Å². The summed E-state index contributed by atoms with van der Waals surface area (Å²) in [5.74, 6) is -2.00. The molecule has 0 aromatic heterocycles. The molecule has 2 aromatic carbocycles. The fourth-order valence-electron chi connectivity index (χ4n) is 1.57. The first-order valence-electron chi connectivity index (χ1n) is 5.77. The Hall–Kier alpha value is -2.02. The van der Waals surface area contributed by atoms with E-state index in [0.717, 1.165) is 16.6 Å². The Bertz CT molecular complexity index is 647. The second-order valence-electron chi connectivity index (χ2n) is 3.98. The first-order valence-corrected chi connectivity index (χ1v) is 6.56. The molecule has 7 heteroatoms. The summed E-state index contributed by atoms with van der Waals surface area (Å²) in [5, 5.41) is 2.46.